The zero-order chi connectivity index (χ0) is 13.8. The lowest BCUT2D eigenvalue weighted by Gasteiger charge is -2.07. The van der Waals surface area contributed by atoms with E-state index in [1.165, 1.54) is 12.1 Å². The Bertz CT molecular complexity index is 616. The first-order valence-electron chi connectivity index (χ1n) is 5.54. The molecule has 0 spiro atoms. The molecule has 0 saturated carbocycles. The summed E-state index contributed by atoms with van der Waals surface area (Å²) in [6, 6.07) is 7.58. The Morgan fingerprint density at radius 2 is 2.11 bits per heavy atom. The summed E-state index contributed by atoms with van der Waals surface area (Å²) in [4.78, 5) is 18.4. The maximum absolute atomic E-state index is 10.7. The van der Waals surface area contributed by atoms with Gasteiger partial charge in [-0.15, -0.1) is 0 Å². The maximum atomic E-state index is 10.7. The van der Waals surface area contributed by atoms with Crippen LogP contribution in [-0.2, 0) is 0 Å². The summed E-state index contributed by atoms with van der Waals surface area (Å²) in [5.74, 6) is 1.12. The molecule has 1 N–H and O–H groups in total. The molecule has 0 atom stereocenters. The summed E-state index contributed by atoms with van der Waals surface area (Å²) in [5, 5.41) is 13.5. The van der Waals surface area contributed by atoms with E-state index in [1.807, 2.05) is 6.92 Å². The number of rotatable bonds is 4. The standard InChI is InChI=1S/C12H12N4O3/c1-8-6-11(15-12(13-2)14-8)19-10-5-3-4-9(7-10)16(17)18/h3-7H,1-2H3,(H,13,14,15). The van der Waals surface area contributed by atoms with Crippen LogP contribution in [0.3, 0.4) is 0 Å². The molecule has 2 rings (SSSR count). The molecule has 0 bridgehead atoms. The minimum Gasteiger partial charge on any atom is -0.439 e. The fourth-order valence-electron chi connectivity index (χ4n) is 1.49. The minimum atomic E-state index is -0.475. The number of non-ortho nitro benzene ring substituents is 1. The van der Waals surface area contributed by atoms with E-state index >= 15 is 0 Å². The first kappa shape index (κ1) is 12.7. The van der Waals surface area contributed by atoms with Gasteiger partial charge in [0.2, 0.25) is 11.8 Å². The van der Waals surface area contributed by atoms with E-state index in [4.69, 9.17) is 4.74 Å². The Morgan fingerprint density at radius 1 is 1.32 bits per heavy atom. The van der Waals surface area contributed by atoms with Crippen LogP contribution >= 0.6 is 0 Å². The smallest absolute Gasteiger partial charge is 0.273 e. The predicted octanol–water partition coefficient (Wildman–Crippen LogP) is 2.53. The van der Waals surface area contributed by atoms with Gasteiger partial charge in [-0.25, -0.2) is 4.98 Å². The van der Waals surface area contributed by atoms with Crippen LogP contribution in [0, 0.1) is 17.0 Å². The van der Waals surface area contributed by atoms with Gasteiger partial charge in [-0.1, -0.05) is 6.07 Å². The van der Waals surface area contributed by atoms with Crippen LogP contribution in [-0.4, -0.2) is 21.9 Å². The van der Waals surface area contributed by atoms with Gasteiger partial charge in [0.25, 0.3) is 5.69 Å². The van der Waals surface area contributed by atoms with Crippen molar-refractivity contribution in [2.75, 3.05) is 12.4 Å². The fourth-order valence-corrected chi connectivity index (χ4v) is 1.49. The van der Waals surface area contributed by atoms with Crippen molar-refractivity contribution in [3.63, 3.8) is 0 Å². The van der Waals surface area contributed by atoms with Crippen molar-refractivity contribution in [1.29, 1.82) is 0 Å². The van der Waals surface area contributed by atoms with Crippen molar-refractivity contribution >= 4 is 11.6 Å². The number of benzene rings is 1. The van der Waals surface area contributed by atoms with E-state index in [1.54, 1.807) is 25.2 Å². The summed E-state index contributed by atoms with van der Waals surface area (Å²) in [6.45, 7) is 1.81. The van der Waals surface area contributed by atoms with Crippen LogP contribution in [0.4, 0.5) is 11.6 Å². The number of nitrogens with one attached hydrogen (secondary N) is 1. The maximum Gasteiger partial charge on any atom is 0.273 e. The van der Waals surface area contributed by atoms with E-state index in [-0.39, 0.29) is 5.69 Å². The summed E-state index contributed by atoms with van der Waals surface area (Å²) in [6.07, 6.45) is 0. The number of nitro benzene ring substituents is 1. The zero-order valence-corrected chi connectivity index (χ0v) is 10.5. The van der Waals surface area contributed by atoms with Crippen LogP contribution in [0.5, 0.6) is 11.6 Å². The number of ether oxygens (including phenoxy) is 1. The Balaban J connectivity index is 2.28. The predicted molar refractivity (Wildman–Crippen MR) is 69.5 cm³/mol. The quantitative estimate of drug-likeness (QED) is 0.671. The molecule has 7 nitrogen and oxygen atoms in total. The minimum absolute atomic E-state index is 0.0304. The van der Waals surface area contributed by atoms with Crippen molar-refractivity contribution in [3.8, 4) is 11.6 Å². The van der Waals surface area contributed by atoms with Gasteiger partial charge in [0.15, 0.2) is 0 Å². The van der Waals surface area contributed by atoms with Crippen LogP contribution in [0.2, 0.25) is 0 Å². The Kier molecular flexibility index (Phi) is 3.56. The third kappa shape index (κ3) is 3.15. The first-order chi connectivity index (χ1) is 9.08. The Morgan fingerprint density at radius 3 is 2.79 bits per heavy atom. The average Bonchev–Trinajstić information content (AvgIpc) is 2.38. The van der Waals surface area contributed by atoms with Gasteiger partial charge in [-0.3, -0.25) is 10.1 Å². The van der Waals surface area contributed by atoms with Crippen LogP contribution in [0.15, 0.2) is 30.3 Å². The van der Waals surface area contributed by atoms with Gasteiger partial charge in [-0.05, 0) is 13.0 Å². The second kappa shape index (κ2) is 5.30. The van der Waals surface area contributed by atoms with E-state index in [0.29, 0.717) is 17.6 Å². The topological polar surface area (TPSA) is 90.2 Å². The highest BCUT2D eigenvalue weighted by atomic mass is 16.6. The second-order valence-corrected chi connectivity index (χ2v) is 3.78. The lowest BCUT2D eigenvalue weighted by Crippen LogP contribution is -1.99. The Hall–Kier alpha value is -2.70. The van der Waals surface area contributed by atoms with Gasteiger partial charge >= 0.3 is 0 Å². The molecule has 19 heavy (non-hydrogen) atoms. The number of nitro groups is 1. The molecule has 0 amide bonds. The van der Waals surface area contributed by atoms with Gasteiger partial charge in [0, 0.05) is 24.9 Å². The highest BCUT2D eigenvalue weighted by Crippen LogP contribution is 2.24. The summed E-state index contributed by atoms with van der Waals surface area (Å²) in [7, 11) is 1.70. The second-order valence-electron chi connectivity index (χ2n) is 3.78. The van der Waals surface area contributed by atoms with Crippen molar-refractivity contribution in [2.24, 2.45) is 0 Å². The number of hydrogen-bond donors (Lipinski definition) is 1. The molecular formula is C12H12N4O3. The highest BCUT2D eigenvalue weighted by molar-refractivity contribution is 5.40. The summed E-state index contributed by atoms with van der Waals surface area (Å²) in [5.41, 5.74) is 0.705. The third-order valence-electron chi connectivity index (χ3n) is 2.31. The van der Waals surface area contributed by atoms with Gasteiger partial charge in [-0.2, -0.15) is 4.98 Å². The van der Waals surface area contributed by atoms with E-state index < -0.39 is 4.92 Å². The van der Waals surface area contributed by atoms with E-state index in [9.17, 15) is 10.1 Å². The van der Waals surface area contributed by atoms with Crippen LogP contribution < -0.4 is 10.1 Å². The van der Waals surface area contributed by atoms with Gasteiger partial charge in [0.1, 0.15) is 5.75 Å². The number of nitrogens with zero attached hydrogens (tertiary/aromatic N) is 3. The van der Waals surface area contributed by atoms with Crippen LogP contribution in [0.1, 0.15) is 5.69 Å². The van der Waals surface area contributed by atoms with E-state index in [2.05, 4.69) is 15.3 Å². The SMILES string of the molecule is CNc1nc(C)cc(Oc2cccc([N+](=O)[O-])c2)n1. The van der Waals surface area contributed by atoms with E-state index in [0.717, 1.165) is 5.69 Å². The highest BCUT2D eigenvalue weighted by Gasteiger charge is 2.08. The number of hydrogen-bond acceptors (Lipinski definition) is 6. The molecular weight excluding hydrogens is 248 g/mol. The van der Waals surface area contributed by atoms with Crippen molar-refractivity contribution in [2.45, 2.75) is 6.92 Å². The van der Waals surface area contributed by atoms with Gasteiger partial charge in [0.05, 0.1) is 11.0 Å². The molecule has 0 fully saturated rings. The molecule has 1 aromatic heterocycles. The summed E-state index contributed by atoms with van der Waals surface area (Å²) >= 11 is 0. The zero-order valence-electron chi connectivity index (χ0n) is 10.5. The lowest BCUT2D eigenvalue weighted by molar-refractivity contribution is -0.384. The number of aryl methyl sites for hydroxylation is 1. The van der Waals surface area contributed by atoms with Crippen molar-refractivity contribution < 1.29 is 9.66 Å². The fraction of sp³-hybridized carbons (Fsp3) is 0.167. The number of anilines is 1. The molecule has 0 aliphatic rings. The molecule has 0 unspecified atom stereocenters. The lowest BCUT2D eigenvalue weighted by atomic mass is 10.3. The van der Waals surface area contributed by atoms with Crippen molar-refractivity contribution in [3.05, 3.63) is 46.1 Å². The Labute approximate surface area is 109 Å². The van der Waals surface area contributed by atoms with Crippen LogP contribution in [0.25, 0.3) is 0 Å². The first-order valence-corrected chi connectivity index (χ1v) is 5.54. The molecule has 2 aromatic rings. The summed E-state index contributed by atoms with van der Waals surface area (Å²) < 4.78 is 5.50. The molecule has 1 heterocycles. The molecule has 0 radical (unpaired) electrons. The normalized spacial score (nSPS) is 10.0. The largest absolute Gasteiger partial charge is 0.439 e. The number of aromatic nitrogens is 2. The molecule has 0 aliphatic heterocycles. The average molecular weight is 260 g/mol. The van der Waals surface area contributed by atoms with Gasteiger partial charge < -0.3 is 10.1 Å². The molecule has 7 heteroatoms. The molecule has 0 saturated heterocycles. The monoisotopic (exact) mass is 260 g/mol. The molecule has 0 aliphatic carbocycles. The molecule has 1 aromatic carbocycles. The third-order valence-corrected chi connectivity index (χ3v) is 2.31. The van der Waals surface area contributed by atoms with Crippen molar-refractivity contribution in [1.82, 2.24) is 9.97 Å². The molecule has 98 valence electrons.